The third-order valence-corrected chi connectivity index (χ3v) is 5.99. The number of hydrogen-bond donors (Lipinski definition) is 1. The van der Waals surface area contributed by atoms with Gasteiger partial charge in [0, 0.05) is 45.5 Å². The molecule has 0 aromatic carbocycles. The fourth-order valence-electron chi connectivity index (χ4n) is 3.90. The van der Waals surface area contributed by atoms with Crippen LogP contribution in [0.2, 0.25) is 0 Å². The molecule has 13 heteroatoms. The molecule has 1 atom stereocenters. The lowest BCUT2D eigenvalue weighted by molar-refractivity contribution is -0.191. The van der Waals surface area contributed by atoms with Crippen molar-refractivity contribution < 1.29 is 43.2 Å². The Kier molecular flexibility index (Phi) is 17.9. The quantitative estimate of drug-likeness (QED) is 0.474. The van der Waals surface area contributed by atoms with Crippen LogP contribution in [0.25, 0.3) is 0 Å². The molecule has 0 aliphatic carbocycles. The van der Waals surface area contributed by atoms with Gasteiger partial charge in [-0.25, -0.2) is 9.78 Å². The van der Waals surface area contributed by atoms with Crippen molar-refractivity contribution in [3.63, 3.8) is 0 Å². The zero-order valence-electron chi connectivity index (χ0n) is 23.5. The first-order valence-corrected chi connectivity index (χ1v) is 13.4. The number of aliphatic hydroxyl groups is 1. The molecule has 1 N–H and O–H groups in total. The number of esters is 1. The van der Waals surface area contributed by atoms with Gasteiger partial charge in [-0.3, -0.25) is 14.8 Å². The molecule has 3 heterocycles. The third kappa shape index (κ3) is 14.9. The summed E-state index contributed by atoms with van der Waals surface area (Å²) < 4.78 is 28.1. The van der Waals surface area contributed by atoms with E-state index in [-0.39, 0.29) is 18.5 Å². The Morgan fingerprint density at radius 1 is 0.902 bits per heavy atom. The number of pyridine rings is 2. The van der Waals surface area contributed by atoms with Crippen molar-refractivity contribution in [3.8, 4) is 0 Å². The van der Waals surface area contributed by atoms with Gasteiger partial charge in [-0.1, -0.05) is 12.1 Å². The molecule has 1 fully saturated rings. The van der Waals surface area contributed by atoms with Gasteiger partial charge >= 0.3 is 12.1 Å². The van der Waals surface area contributed by atoms with Crippen molar-refractivity contribution in [2.75, 3.05) is 86.1 Å². The molecule has 0 unspecified atom stereocenters. The summed E-state index contributed by atoms with van der Waals surface area (Å²) in [6.07, 6.45) is 1.63. The standard InChI is InChI=1S/C27H40N4O7.CO2/c1-34-27(33)26-7-4-6-24(29-26)20-30-9-13-35-17-18-36-14-10-31(19-23-5-2-3-8-28-23)12-16-38-25(21-32)22-37-15-11-30;2-1-3/h2-8,25,32H,9-22H2,1H3;/t25-;/m1./s1. The normalized spacial score (nSPS) is 19.0. The summed E-state index contributed by atoms with van der Waals surface area (Å²) in [4.78, 5) is 41.3. The number of aliphatic hydroxyl groups excluding tert-OH is 1. The van der Waals surface area contributed by atoms with E-state index in [1.165, 1.54) is 7.11 Å². The molecule has 0 radical (unpaired) electrons. The molecule has 0 spiro atoms. The fourth-order valence-corrected chi connectivity index (χ4v) is 3.90. The molecular weight excluding hydrogens is 536 g/mol. The largest absolute Gasteiger partial charge is 0.464 e. The molecule has 0 amide bonds. The van der Waals surface area contributed by atoms with E-state index >= 15 is 0 Å². The van der Waals surface area contributed by atoms with Crippen LogP contribution in [-0.2, 0) is 46.4 Å². The molecule has 2 aromatic heterocycles. The van der Waals surface area contributed by atoms with E-state index in [0.29, 0.717) is 79.0 Å². The number of carbonyl (C=O) groups is 1. The van der Waals surface area contributed by atoms with Crippen LogP contribution in [-0.4, -0.2) is 129 Å². The van der Waals surface area contributed by atoms with Gasteiger partial charge in [0.25, 0.3) is 0 Å². The monoisotopic (exact) mass is 576 g/mol. The maximum absolute atomic E-state index is 11.8. The molecule has 0 saturated carbocycles. The predicted octanol–water partition coefficient (Wildman–Crippen LogP) is 0.425. The van der Waals surface area contributed by atoms with Gasteiger partial charge in [-0.05, 0) is 24.3 Å². The lowest BCUT2D eigenvalue weighted by atomic mass is 10.3. The molecule has 0 bridgehead atoms. The number of methoxy groups -OCH3 is 1. The smallest absolute Gasteiger partial charge is 0.373 e. The molecule has 1 saturated heterocycles. The maximum Gasteiger partial charge on any atom is 0.373 e. The van der Waals surface area contributed by atoms with Crippen LogP contribution in [0.4, 0.5) is 0 Å². The average Bonchev–Trinajstić information content (AvgIpc) is 2.99. The summed E-state index contributed by atoms with van der Waals surface area (Å²) in [5.41, 5.74) is 2.01. The van der Waals surface area contributed by atoms with Gasteiger partial charge in [-0.15, -0.1) is 0 Å². The van der Waals surface area contributed by atoms with E-state index in [4.69, 9.17) is 33.3 Å². The fraction of sp³-hybridized carbons (Fsp3) is 0.571. The number of rotatable bonds is 6. The Morgan fingerprint density at radius 2 is 1.51 bits per heavy atom. The van der Waals surface area contributed by atoms with Crippen molar-refractivity contribution >= 4 is 12.1 Å². The number of hydrogen-bond acceptors (Lipinski definition) is 13. The van der Waals surface area contributed by atoms with E-state index in [1.54, 1.807) is 18.3 Å². The molecule has 1 aliphatic rings. The van der Waals surface area contributed by atoms with Gasteiger partial charge in [0.15, 0.2) is 0 Å². The van der Waals surface area contributed by atoms with E-state index in [9.17, 15) is 9.90 Å². The molecule has 2 aromatic rings. The minimum absolute atomic E-state index is 0.120. The molecular formula is C28H40N4O9. The first-order chi connectivity index (χ1) is 20.1. The van der Waals surface area contributed by atoms with Crippen LogP contribution in [0.1, 0.15) is 21.9 Å². The van der Waals surface area contributed by atoms with Gasteiger partial charge < -0.3 is 28.8 Å². The minimum atomic E-state index is -0.465. The zero-order chi connectivity index (χ0) is 29.5. The second-order valence-corrected chi connectivity index (χ2v) is 8.94. The minimum Gasteiger partial charge on any atom is -0.464 e. The Balaban J connectivity index is 0.00000187. The van der Waals surface area contributed by atoms with Crippen molar-refractivity contribution in [2.45, 2.75) is 19.2 Å². The van der Waals surface area contributed by atoms with Crippen molar-refractivity contribution in [1.29, 1.82) is 0 Å². The number of nitrogens with zero attached hydrogens (tertiary/aromatic N) is 4. The van der Waals surface area contributed by atoms with E-state index in [0.717, 1.165) is 17.9 Å². The molecule has 1 aliphatic heterocycles. The summed E-state index contributed by atoms with van der Waals surface area (Å²) in [6.45, 7) is 7.09. The van der Waals surface area contributed by atoms with Gasteiger partial charge in [-0.2, -0.15) is 9.59 Å². The highest BCUT2D eigenvalue weighted by Gasteiger charge is 2.14. The highest BCUT2D eigenvalue weighted by atomic mass is 16.5. The van der Waals surface area contributed by atoms with Crippen LogP contribution >= 0.6 is 0 Å². The molecule has 13 nitrogen and oxygen atoms in total. The van der Waals surface area contributed by atoms with Crippen LogP contribution in [0, 0.1) is 0 Å². The summed E-state index contributed by atoms with van der Waals surface area (Å²) in [6, 6.07) is 11.2. The van der Waals surface area contributed by atoms with Crippen molar-refractivity contribution in [2.24, 2.45) is 0 Å². The highest BCUT2D eigenvalue weighted by molar-refractivity contribution is 5.87. The molecule has 226 valence electrons. The van der Waals surface area contributed by atoms with Crippen LogP contribution in [0.15, 0.2) is 42.6 Å². The lowest BCUT2D eigenvalue weighted by Gasteiger charge is -2.25. The number of carbonyl (C=O) groups excluding carboxylic acids is 3. The third-order valence-electron chi connectivity index (χ3n) is 5.99. The predicted molar refractivity (Wildman–Crippen MR) is 145 cm³/mol. The summed E-state index contributed by atoms with van der Waals surface area (Å²) in [5, 5.41) is 9.76. The number of aromatic nitrogens is 2. The average molecular weight is 577 g/mol. The van der Waals surface area contributed by atoms with E-state index < -0.39 is 12.1 Å². The first-order valence-electron chi connectivity index (χ1n) is 13.4. The van der Waals surface area contributed by atoms with Crippen LogP contribution in [0.5, 0.6) is 0 Å². The van der Waals surface area contributed by atoms with E-state index in [2.05, 4.69) is 19.8 Å². The Bertz CT molecular complexity index is 1010. The second kappa shape index (κ2) is 21.6. The Hall–Kier alpha value is -3.13. The van der Waals surface area contributed by atoms with Gasteiger partial charge in [0.2, 0.25) is 0 Å². The number of ether oxygens (including phenoxy) is 5. The van der Waals surface area contributed by atoms with Crippen LogP contribution in [0.3, 0.4) is 0 Å². The van der Waals surface area contributed by atoms with Crippen molar-refractivity contribution in [1.82, 2.24) is 19.8 Å². The maximum atomic E-state index is 11.8. The lowest BCUT2D eigenvalue weighted by Crippen LogP contribution is -2.35. The van der Waals surface area contributed by atoms with Crippen molar-refractivity contribution in [3.05, 3.63) is 59.7 Å². The summed E-state index contributed by atoms with van der Waals surface area (Å²) in [7, 11) is 1.34. The topological polar surface area (TPSA) is 150 Å². The molecule has 41 heavy (non-hydrogen) atoms. The van der Waals surface area contributed by atoms with Crippen LogP contribution < -0.4 is 0 Å². The summed E-state index contributed by atoms with van der Waals surface area (Å²) >= 11 is 0. The second-order valence-electron chi connectivity index (χ2n) is 8.94. The Morgan fingerprint density at radius 3 is 2.12 bits per heavy atom. The SMILES string of the molecule is COC(=O)c1cccc(CN2CCOCCOCCN(Cc3ccccn3)CCO[C@H](CO)COCC2)n1.O=C=O. The highest BCUT2D eigenvalue weighted by Crippen LogP contribution is 2.07. The molecule has 3 rings (SSSR count). The Labute approximate surface area is 240 Å². The summed E-state index contributed by atoms with van der Waals surface area (Å²) in [5.74, 6) is -0.465. The zero-order valence-corrected chi connectivity index (χ0v) is 23.5. The first kappa shape index (κ1) is 34.1. The van der Waals surface area contributed by atoms with E-state index in [1.807, 2.05) is 24.3 Å². The van der Waals surface area contributed by atoms with Gasteiger partial charge in [0.1, 0.15) is 11.8 Å². The van der Waals surface area contributed by atoms with Gasteiger partial charge in [0.05, 0.1) is 71.4 Å².